The molecule has 3 N–H and O–H groups in total. The van der Waals surface area contributed by atoms with E-state index in [4.69, 9.17) is 24.3 Å². The smallest absolute Gasteiger partial charge is 0.462 e. The second kappa shape index (κ2) is 48.6. The van der Waals surface area contributed by atoms with Crippen LogP contribution in [0.1, 0.15) is 206 Å². The number of ether oxygens (including phenoxy) is 2. The van der Waals surface area contributed by atoms with Gasteiger partial charge < -0.3 is 20.1 Å². The van der Waals surface area contributed by atoms with E-state index in [1.165, 1.54) is 70.6 Å². The van der Waals surface area contributed by atoms with Crippen LogP contribution in [-0.4, -0.2) is 49.3 Å². The summed E-state index contributed by atoms with van der Waals surface area (Å²) in [5.74, 6) is -0.849. The van der Waals surface area contributed by atoms with E-state index < -0.39 is 32.5 Å². The molecule has 0 spiro atoms. The van der Waals surface area contributed by atoms with E-state index in [9.17, 15) is 19.0 Å². The summed E-state index contributed by atoms with van der Waals surface area (Å²) in [6.07, 6.45) is 62.0. The van der Waals surface area contributed by atoms with Crippen LogP contribution in [0.15, 0.2) is 85.1 Å². The van der Waals surface area contributed by atoms with Crippen molar-refractivity contribution in [2.45, 2.75) is 213 Å². The Labute approximate surface area is 385 Å². The van der Waals surface area contributed by atoms with Crippen molar-refractivity contribution in [2.24, 2.45) is 5.73 Å². The number of carbonyl (C=O) groups excluding carboxylic acids is 2. The SMILES string of the molecule is CC/C=C\C/C=C\C/C=C\C/C=C\C/C=C\CCCCCCCCCCCCCCCC(=O)OC(COC(=O)CCCCCCC/C=C\C/C=C\CCC)COP(=O)(O)OCCN. The van der Waals surface area contributed by atoms with E-state index in [-0.39, 0.29) is 32.6 Å². The maximum atomic E-state index is 12.6. The molecule has 2 atom stereocenters. The average Bonchev–Trinajstić information content (AvgIpc) is 3.27. The van der Waals surface area contributed by atoms with Crippen molar-refractivity contribution in [1.29, 1.82) is 0 Å². The first kappa shape index (κ1) is 60.2. The van der Waals surface area contributed by atoms with Crippen LogP contribution in [0.2, 0.25) is 0 Å². The lowest BCUT2D eigenvalue weighted by Crippen LogP contribution is -2.29. The van der Waals surface area contributed by atoms with Gasteiger partial charge in [0.1, 0.15) is 6.61 Å². The lowest BCUT2D eigenvalue weighted by atomic mass is 10.0. The van der Waals surface area contributed by atoms with Crippen LogP contribution >= 0.6 is 7.82 Å². The van der Waals surface area contributed by atoms with Crippen molar-refractivity contribution in [3.05, 3.63) is 85.1 Å². The lowest BCUT2D eigenvalue weighted by molar-refractivity contribution is -0.161. The minimum Gasteiger partial charge on any atom is -0.462 e. The summed E-state index contributed by atoms with van der Waals surface area (Å²) in [7, 11) is -4.39. The van der Waals surface area contributed by atoms with Gasteiger partial charge in [-0.3, -0.25) is 18.6 Å². The predicted molar refractivity (Wildman–Crippen MR) is 265 cm³/mol. The van der Waals surface area contributed by atoms with Crippen molar-refractivity contribution in [2.75, 3.05) is 26.4 Å². The average molecular weight is 902 g/mol. The molecule has 0 rings (SSSR count). The minimum atomic E-state index is -4.39. The highest BCUT2D eigenvalue weighted by molar-refractivity contribution is 7.47. The molecule has 0 aromatic carbocycles. The topological polar surface area (TPSA) is 134 Å². The van der Waals surface area contributed by atoms with Crippen LogP contribution < -0.4 is 5.73 Å². The molecule has 0 aliphatic carbocycles. The van der Waals surface area contributed by atoms with Crippen LogP contribution in [0.25, 0.3) is 0 Å². The van der Waals surface area contributed by atoms with E-state index in [2.05, 4.69) is 98.9 Å². The molecule has 0 aromatic heterocycles. The quantitative estimate of drug-likeness (QED) is 0.0265. The van der Waals surface area contributed by atoms with Gasteiger partial charge in [-0.2, -0.15) is 0 Å². The Morgan fingerprint density at radius 1 is 0.492 bits per heavy atom. The molecule has 0 amide bonds. The Kier molecular flexibility index (Phi) is 46.5. The van der Waals surface area contributed by atoms with Crippen molar-refractivity contribution in [1.82, 2.24) is 0 Å². The van der Waals surface area contributed by atoms with Gasteiger partial charge in [-0.1, -0.05) is 195 Å². The Hall–Kier alpha value is -2.81. The normalized spacial score (nSPS) is 13.9. The maximum Gasteiger partial charge on any atom is 0.472 e. The summed E-state index contributed by atoms with van der Waals surface area (Å²) in [5, 5.41) is 0. The highest BCUT2D eigenvalue weighted by atomic mass is 31.2. The number of hydrogen-bond acceptors (Lipinski definition) is 8. The summed E-state index contributed by atoms with van der Waals surface area (Å²) in [5.41, 5.74) is 5.36. The third-order valence-electron chi connectivity index (χ3n) is 10.2. The maximum absolute atomic E-state index is 12.6. The van der Waals surface area contributed by atoms with E-state index in [1.807, 2.05) is 0 Å². The highest BCUT2D eigenvalue weighted by Crippen LogP contribution is 2.43. The summed E-state index contributed by atoms with van der Waals surface area (Å²) >= 11 is 0. The standard InChI is InChI=1S/C53H92NO8P/c1-3-5-7-9-11-13-15-17-18-19-20-21-22-23-24-25-26-27-28-29-30-31-32-34-36-38-40-42-44-46-53(56)62-51(50-61-63(57,58)60-48-47-54)49-59-52(55)45-43-41-39-37-35-33-16-14-12-10-8-6-4-2/h5,7-8,10-11,13-14,16-18,20-21,23-24,51H,3-4,6,9,12,15,19,22,25-50,54H2,1-2H3,(H,57,58)/b7-5-,10-8-,13-11-,16-14-,18-17-,21-20-,24-23-. The molecule has 0 saturated heterocycles. The van der Waals surface area contributed by atoms with E-state index in [0.717, 1.165) is 96.3 Å². The van der Waals surface area contributed by atoms with Gasteiger partial charge in [-0.25, -0.2) is 4.57 Å². The molecular formula is C53H92NO8P. The molecule has 0 bridgehead atoms. The first-order valence-electron chi connectivity index (χ1n) is 25.1. The van der Waals surface area contributed by atoms with Gasteiger partial charge in [-0.05, 0) is 83.5 Å². The summed E-state index contributed by atoms with van der Waals surface area (Å²) in [4.78, 5) is 35.0. The van der Waals surface area contributed by atoms with E-state index >= 15 is 0 Å². The lowest BCUT2D eigenvalue weighted by Gasteiger charge is -2.19. The number of phosphoric ester groups is 1. The van der Waals surface area contributed by atoms with E-state index in [0.29, 0.717) is 12.8 Å². The van der Waals surface area contributed by atoms with Gasteiger partial charge in [0.2, 0.25) is 0 Å². The monoisotopic (exact) mass is 902 g/mol. The molecule has 0 fully saturated rings. The Morgan fingerprint density at radius 3 is 1.30 bits per heavy atom. The fraction of sp³-hybridized carbons (Fsp3) is 0.698. The summed E-state index contributed by atoms with van der Waals surface area (Å²) in [6.45, 7) is 3.53. The van der Waals surface area contributed by atoms with Crippen molar-refractivity contribution in [3.63, 3.8) is 0 Å². The molecule has 10 heteroatoms. The van der Waals surface area contributed by atoms with Crippen molar-refractivity contribution >= 4 is 19.8 Å². The number of rotatable bonds is 46. The zero-order valence-electron chi connectivity index (χ0n) is 40.0. The van der Waals surface area contributed by atoms with Crippen molar-refractivity contribution < 1.29 is 37.6 Å². The summed E-state index contributed by atoms with van der Waals surface area (Å²) < 4.78 is 32.9. The molecule has 0 radical (unpaired) electrons. The van der Waals surface area contributed by atoms with Gasteiger partial charge in [0.05, 0.1) is 13.2 Å². The van der Waals surface area contributed by atoms with Gasteiger partial charge in [0, 0.05) is 19.4 Å². The largest absolute Gasteiger partial charge is 0.472 e. The molecule has 0 saturated carbocycles. The number of nitrogens with two attached hydrogens (primary N) is 1. The molecule has 2 unspecified atom stereocenters. The second-order valence-corrected chi connectivity index (χ2v) is 17.8. The summed E-state index contributed by atoms with van der Waals surface area (Å²) in [6, 6.07) is 0. The molecule has 63 heavy (non-hydrogen) atoms. The third kappa shape index (κ3) is 48.5. The number of phosphoric acid groups is 1. The second-order valence-electron chi connectivity index (χ2n) is 16.3. The van der Waals surface area contributed by atoms with Gasteiger partial charge >= 0.3 is 19.8 Å². The Bertz CT molecular complexity index is 1300. The Morgan fingerprint density at radius 2 is 0.873 bits per heavy atom. The molecule has 0 aliphatic heterocycles. The Balaban J connectivity index is 4.00. The highest BCUT2D eigenvalue weighted by Gasteiger charge is 2.26. The number of allylic oxidation sites excluding steroid dienone is 14. The predicted octanol–water partition coefficient (Wildman–Crippen LogP) is 15.2. The fourth-order valence-electron chi connectivity index (χ4n) is 6.58. The molecule has 9 nitrogen and oxygen atoms in total. The third-order valence-corrected chi connectivity index (χ3v) is 11.2. The fourth-order valence-corrected chi connectivity index (χ4v) is 7.35. The van der Waals surface area contributed by atoms with Crippen LogP contribution in [-0.2, 0) is 32.7 Å². The first-order valence-corrected chi connectivity index (χ1v) is 26.6. The molecule has 362 valence electrons. The van der Waals surface area contributed by atoms with Crippen LogP contribution in [0.4, 0.5) is 0 Å². The van der Waals surface area contributed by atoms with Crippen molar-refractivity contribution in [3.8, 4) is 0 Å². The number of carbonyl (C=O) groups is 2. The molecular weight excluding hydrogens is 810 g/mol. The van der Waals surface area contributed by atoms with Gasteiger partial charge in [0.15, 0.2) is 6.10 Å². The molecule has 0 aliphatic rings. The minimum absolute atomic E-state index is 0.0479. The zero-order valence-corrected chi connectivity index (χ0v) is 40.9. The van der Waals surface area contributed by atoms with Gasteiger partial charge in [-0.15, -0.1) is 0 Å². The zero-order chi connectivity index (χ0) is 46.0. The number of unbranched alkanes of at least 4 members (excludes halogenated alkanes) is 19. The van der Waals surface area contributed by atoms with E-state index in [1.54, 1.807) is 0 Å². The molecule has 0 heterocycles. The number of hydrogen-bond donors (Lipinski definition) is 2. The van der Waals surface area contributed by atoms with Crippen LogP contribution in [0, 0.1) is 0 Å². The van der Waals surface area contributed by atoms with Crippen LogP contribution in [0.5, 0.6) is 0 Å². The number of esters is 2. The van der Waals surface area contributed by atoms with Gasteiger partial charge in [0.25, 0.3) is 0 Å². The molecule has 0 aromatic rings. The van der Waals surface area contributed by atoms with Crippen LogP contribution in [0.3, 0.4) is 0 Å². The first-order chi connectivity index (χ1) is 30.8.